The quantitative estimate of drug-likeness (QED) is 0.696. The molecule has 18 heavy (non-hydrogen) atoms. The number of thiocarbonyl (C=S) groups is 1. The molecule has 0 spiro atoms. The highest BCUT2D eigenvalue weighted by Crippen LogP contribution is 2.24. The van der Waals surface area contributed by atoms with Gasteiger partial charge in [-0.15, -0.1) is 0 Å². The van der Waals surface area contributed by atoms with Gasteiger partial charge in [-0.2, -0.15) is 0 Å². The number of rotatable bonds is 4. The van der Waals surface area contributed by atoms with Crippen LogP contribution >= 0.6 is 12.2 Å². The number of hydrogen-bond donors (Lipinski definition) is 3. The fourth-order valence-electron chi connectivity index (χ4n) is 1.91. The number of hydrogen-bond acceptors (Lipinski definition) is 4. The summed E-state index contributed by atoms with van der Waals surface area (Å²) in [4.78, 5) is 11.5. The van der Waals surface area contributed by atoms with Gasteiger partial charge < -0.3 is 21.1 Å². The number of methoxy groups -OCH3 is 1. The molecule has 0 aromatic heterocycles. The molecule has 1 fully saturated rings. The molecule has 2 rings (SSSR count). The molecule has 96 valence electrons. The summed E-state index contributed by atoms with van der Waals surface area (Å²) in [6, 6.07) is 5.50. The van der Waals surface area contributed by atoms with Crippen molar-refractivity contribution in [3.05, 3.63) is 23.8 Å². The van der Waals surface area contributed by atoms with Crippen molar-refractivity contribution in [2.45, 2.75) is 12.5 Å². The molecular weight excluding hydrogens is 250 g/mol. The van der Waals surface area contributed by atoms with Crippen LogP contribution in [0.15, 0.2) is 18.2 Å². The Morgan fingerprint density at radius 1 is 1.61 bits per heavy atom. The first-order chi connectivity index (χ1) is 8.60. The number of benzene rings is 1. The van der Waals surface area contributed by atoms with Crippen LogP contribution < -0.4 is 21.1 Å². The fraction of sp³-hybridized carbons (Fsp3) is 0.333. The Kier molecular flexibility index (Phi) is 3.66. The van der Waals surface area contributed by atoms with Gasteiger partial charge in [-0.1, -0.05) is 12.2 Å². The Morgan fingerprint density at radius 2 is 2.39 bits per heavy atom. The number of carbonyl (C=O) groups excluding carboxylic acids is 1. The van der Waals surface area contributed by atoms with Crippen molar-refractivity contribution in [2.75, 3.05) is 19.0 Å². The van der Waals surface area contributed by atoms with E-state index in [-0.39, 0.29) is 11.9 Å². The standard InChI is InChI=1S/C12H15N3O2S/c1-17-8-2-3-9(12(13)18)10(5-8)15-7-4-11(16)14-6-7/h2-3,5,7,15H,4,6H2,1H3,(H2,13,18)(H,14,16). The van der Waals surface area contributed by atoms with Gasteiger partial charge in [0.2, 0.25) is 5.91 Å². The van der Waals surface area contributed by atoms with Gasteiger partial charge in [-0.05, 0) is 12.1 Å². The Balaban J connectivity index is 2.23. The molecular formula is C12H15N3O2S. The third-order valence-electron chi connectivity index (χ3n) is 2.83. The Hall–Kier alpha value is -1.82. The highest BCUT2D eigenvalue weighted by Gasteiger charge is 2.22. The minimum Gasteiger partial charge on any atom is -0.497 e. The Labute approximate surface area is 111 Å². The predicted octanol–water partition coefficient (Wildman–Crippen LogP) is 0.630. The SMILES string of the molecule is COc1ccc(C(N)=S)c(NC2CNC(=O)C2)c1. The number of anilines is 1. The fourth-order valence-corrected chi connectivity index (χ4v) is 2.09. The highest BCUT2D eigenvalue weighted by atomic mass is 32.1. The normalized spacial score (nSPS) is 18.3. The summed E-state index contributed by atoms with van der Waals surface area (Å²) in [7, 11) is 1.60. The van der Waals surface area contributed by atoms with Crippen LogP contribution in [0.2, 0.25) is 0 Å². The summed E-state index contributed by atoms with van der Waals surface area (Å²) in [5.74, 6) is 0.766. The van der Waals surface area contributed by atoms with Crippen LogP contribution in [0.4, 0.5) is 5.69 Å². The topological polar surface area (TPSA) is 76.4 Å². The van der Waals surface area contributed by atoms with Crippen molar-refractivity contribution in [1.82, 2.24) is 5.32 Å². The number of nitrogens with one attached hydrogen (secondary N) is 2. The van der Waals surface area contributed by atoms with Crippen LogP contribution in [0, 0.1) is 0 Å². The van der Waals surface area contributed by atoms with E-state index >= 15 is 0 Å². The van der Waals surface area contributed by atoms with Crippen LogP contribution in [0.5, 0.6) is 5.75 Å². The summed E-state index contributed by atoms with van der Waals surface area (Å²) < 4.78 is 5.17. The van der Waals surface area contributed by atoms with Crippen LogP contribution in [0.25, 0.3) is 0 Å². The van der Waals surface area contributed by atoms with Crippen molar-refractivity contribution < 1.29 is 9.53 Å². The van der Waals surface area contributed by atoms with Gasteiger partial charge in [0.1, 0.15) is 10.7 Å². The molecule has 1 aromatic rings. The average Bonchev–Trinajstić information content (AvgIpc) is 2.74. The molecule has 6 heteroatoms. The number of amides is 1. The van der Waals surface area contributed by atoms with Crippen molar-refractivity contribution in [3.8, 4) is 5.75 Å². The van der Waals surface area contributed by atoms with Crippen LogP contribution in [-0.2, 0) is 4.79 Å². The van der Waals surface area contributed by atoms with Crippen LogP contribution in [-0.4, -0.2) is 30.6 Å². The molecule has 1 aliphatic rings. The predicted molar refractivity (Wildman–Crippen MR) is 73.9 cm³/mol. The molecule has 1 unspecified atom stereocenters. The smallest absolute Gasteiger partial charge is 0.222 e. The third kappa shape index (κ3) is 2.70. The summed E-state index contributed by atoms with van der Waals surface area (Å²) in [5.41, 5.74) is 7.23. The van der Waals surface area contributed by atoms with Crippen molar-refractivity contribution in [2.24, 2.45) is 5.73 Å². The van der Waals surface area contributed by atoms with Gasteiger partial charge in [-0.3, -0.25) is 4.79 Å². The van der Waals surface area contributed by atoms with Gasteiger partial charge in [0.25, 0.3) is 0 Å². The maximum absolute atomic E-state index is 11.2. The molecule has 1 amide bonds. The van der Waals surface area contributed by atoms with Crippen LogP contribution in [0.3, 0.4) is 0 Å². The van der Waals surface area contributed by atoms with E-state index in [4.69, 9.17) is 22.7 Å². The largest absolute Gasteiger partial charge is 0.497 e. The van der Waals surface area contributed by atoms with E-state index < -0.39 is 0 Å². The number of carbonyl (C=O) groups is 1. The summed E-state index contributed by atoms with van der Waals surface area (Å²) in [6.45, 7) is 0.604. The molecule has 1 atom stereocenters. The van der Waals surface area contributed by atoms with Crippen LogP contribution in [0.1, 0.15) is 12.0 Å². The van der Waals surface area contributed by atoms with Gasteiger partial charge in [0.05, 0.1) is 13.2 Å². The molecule has 1 saturated heterocycles. The lowest BCUT2D eigenvalue weighted by Gasteiger charge is -2.16. The lowest BCUT2D eigenvalue weighted by molar-refractivity contribution is -0.119. The molecule has 0 aliphatic carbocycles. The molecule has 0 bridgehead atoms. The summed E-state index contributed by atoms with van der Waals surface area (Å²) in [6.07, 6.45) is 0.452. The minimum atomic E-state index is 0.0484. The zero-order valence-corrected chi connectivity index (χ0v) is 10.8. The van der Waals surface area contributed by atoms with Gasteiger partial charge in [0, 0.05) is 30.3 Å². The first kappa shape index (κ1) is 12.6. The molecule has 0 saturated carbocycles. The first-order valence-electron chi connectivity index (χ1n) is 5.61. The van der Waals surface area contributed by atoms with Gasteiger partial charge >= 0.3 is 0 Å². The molecule has 1 aliphatic heterocycles. The summed E-state index contributed by atoms with van der Waals surface area (Å²) >= 11 is 5.01. The maximum atomic E-state index is 11.2. The second-order valence-corrected chi connectivity index (χ2v) is 4.57. The van der Waals surface area contributed by atoms with E-state index in [2.05, 4.69) is 10.6 Å². The van der Waals surface area contributed by atoms with Crippen molar-refractivity contribution in [3.63, 3.8) is 0 Å². The van der Waals surface area contributed by atoms with E-state index in [1.165, 1.54) is 0 Å². The monoisotopic (exact) mass is 265 g/mol. The molecule has 0 radical (unpaired) electrons. The molecule has 1 heterocycles. The van der Waals surface area contributed by atoms with E-state index in [0.29, 0.717) is 18.0 Å². The Bertz CT molecular complexity index is 490. The average molecular weight is 265 g/mol. The van der Waals surface area contributed by atoms with E-state index in [1.807, 2.05) is 12.1 Å². The van der Waals surface area contributed by atoms with Gasteiger partial charge in [-0.25, -0.2) is 0 Å². The summed E-state index contributed by atoms with van der Waals surface area (Å²) in [5, 5.41) is 6.04. The highest BCUT2D eigenvalue weighted by molar-refractivity contribution is 7.80. The third-order valence-corrected chi connectivity index (χ3v) is 3.05. The second kappa shape index (κ2) is 5.22. The zero-order valence-electron chi connectivity index (χ0n) is 10.0. The van der Waals surface area contributed by atoms with Crippen molar-refractivity contribution >= 4 is 28.8 Å². The second-order valence-electron chi connectivity index (χ2n) is 4.13. The van der Waals surface area contributed by atoms with Gasteiger partial charge in [0.15, 0.2) is 0 Å². The molecule has 5 nitrogen and oxygen atoms in total. The van der Waals surface area contributed by atoms with E-state index in [1.54, 1.807) is 13.2 Å². The molecule has 4 N–H and O–H groups in total. The zero-order chi connectivity index (χ0) is 13.1. The number of ether oxygens (including phenoxy) is 1. The van der Waals surface area contributed by atoms with Crippen molar-refractivity contribution in [1.29, 1.82) is 0 Å². The number of nitrogens with two attached hydrogens (primary N) is 1. The maximum Gasteiger partial charge on any atom is 0.222 e. The minimum absolute atomic E-state index is 0.0484. The lowest BCUT2D eigenvalue weighted by atomic mass is 10.1. The lowest BCUT2D eigenvalue weighted by Crippen LogP contribution is -2.24. The van der Waals surface area contributed by atoms with E-state index in [0.717, 1.165) is 17.0 Å². The van der Waals surface area contributed by atoms with E-state index in [9.17, 15) is 4.79 Å². The Morgan fingerprint density at radius 3 is 2.94 bits per heavy atom. The molecule has 1 aromatic carbocycles. The first-order valence-corrected chi connectivity index (χ1v) is 6.02.